The molecule has 0 aliphatic heterocycles. The van der Waals surface area contributed by atoms with Crippen LogP contribution in [0.1, 0.15) is 16.1 Å². The molecule has 0 saturated heterocycles. The molecule has 130 valence electrons. The number of halogens is 3. The Bertz CT molecular complexity index is 1150. The Labute approximate surface area is 144 Å². The average molecular weight is 356 g/mol. The highest BCUT2D eigenvalue weighted by atomic mass is 19.4. The fourth-order valence-corrected chi connectivity index (χ4v) is 2.98. The lowest BCUT2D eigenvalue weighted by atomic mass is 10.0. The van der Waals surface area contributed by atoms with Gasteiger partial charge >= 0.3 is 12.1 Å². The number of pyridine rings is 1. The van der Waals surface area contributed by atoms with Gasteiger partial charge in [-0.3, -0.25) is 0 Å². The molecule has 4 aromatic rings. The van der Waals surface area contributed by atoms with Crippen molar-refractivity contribution in [2.75, 3.05) is 0 Å². The predicted octanol–water partition coefficient (Wildman–Crippen LogP) is 5.10. The summed E-state index contributed by atoms with van der Waals surface area (Å²) in [6, 6.07) is 13.3. The lowest BCUT2D eigenvalue weighted by Crippen LogP contribution is -2.05. The Kier molecular flexibility index (Phi) is 3.47. The summed E-state index contributed by atoms with van der Waals surface area (Å²) in [6.45, 7) is 0. The average Bonchev–Trinajstić information content (AvgIpc) is 2.99. The van der Waals surface area contributed by atoms with Gasteiger partial charge in [0.25, 0.3) is 0 Å². The normalized spacial score (nSPS) is 12.0. The largest absolute Gasteiger partial charge is 0.477 e. The van der Waals surface area contributed by atoms with Crippen molar-refractivity contribution < 1.29 is 23.1 Å². The van der Waals surface area contributed by atoms with Gasteiger partial charge < -0.3 is 10.1 Å². The van der Waals surface area contributed by atoms with Gasteiger partial charge in [-0.25, -0.2) is 9.78 Å². The number of nitrogens with one attached hydrogen (secondary N) is 1. The third-order valence-corrected chi connectivity index (χ3v) is 4.20. The van der Waals surface area contributed by atoms with Crippen LogP contribution in [0.3, 0.4) is 0 Å². The Morgan fingerprint density at radius 1 is 1.00 bits per heavy atom. The van der Waals surface area contributed by atoms with Crippen molar-refractivity contribution in [3.8, 4) is 11.3 Å². The van der Waals surface area contributed by atoms with Crippen LogP contribution in [0, 0.1) is 0 Å². The summed E-state index contributed by atoms with van der Waals surface area (Å²) < 4.78 is 38.4. The molecular formula is C19H11F3N2O2. The van der Waals surface area contributed by atoms with Gasteiger partial charge in [0.2, 0.25) is 0 Å². The van der Waals surface area contributed by atoms with Crippen LogP contribution in [0.4, 0.5) is 13.2 Å². The highest BCUT2D eigenvalue weighted by molar-refractivity contribution is 6.12. The molecule has 0 bridgehead atoms. The minimum atomic E-state index is -4.44. The Morgan fingerprint density at radius 2 is 1.69 bits per heavy atom. The minimum Gasteiger partial charge on any atom is -0.477 e. The first-order valence-corrected chi connectivity index (χ1v) is 7.67. The third-order valence-electron chi connectivity index (χ3n) is 4.20. The molecule has 0 amide bonds. The Hall–Kier alpha value is -3.35. The highest BCUT2D eigenvalue weighted by Gasteiger charge is 2.30. The standard InChI is InChI=1S/C19H11F3N2O2/c20-19(21,22)11-7-5-10(6-8-11)16-17-13(9-15(24-16)18(25)26)12-3-1-2-4-14(12)23-17/h1-9,23H,(H,25,26). The number of nitrogens with zero attached hydrogens (tertiary/aromatic N) is 1. The summed E-state index contributed by atoms with van der Waals surface area (Å²) in [6.07, 6.45) is -4.44. The third kappa shape index (κ3) is 2.57. The topological polar surface area (TPSA) is 66.0 Å². The van der Waals surface area contributed by atoms with E-state index in [2.05, 4.69) is 9.97 Å². The van der Waals surface area contributed by atoms with E-state index < -0.39 is 17.7 Å². The molecule has 0 spiro atoms. The molecule has 2 aromatic carbocycles. The van der Waals surface area contributed by atoms with E-state index in [4.69, 9.17) is 0 Å². The van der Waals surface area contributed by atoms with Crippen molar-refractivity contribution in [2.45, 2.75) is 6.18 Å². The van der Waals surface area contributed by atoms with Crippen LogP contribution < -0.4 is 0 Å². The maximum Gasteiger partial charge on any atom is 0.416 e. The smallest absolute Gasteiger partial charge is 0.416 e. The van der Waals surface area contributed by atoms with E-state index in [0.29, 0.717) is 22.2 Å². The molecule has 7 heteroatoms. The van der Waals surface area contributed by atoms with Crippen LogP contribution in [0.15, 0.2) is 54.6 Å². The summed E-state index contributed by atoms with van der Waals surface area (Å²) in [4.78, 5) is 18.8. The lowest BCUT2D eigenvalue weighted by Gasteiger charge is -2.09. The van der Waals surface area contributed by atoms with E-state index in [9.17, 15) is 23.1 Å². The number of hydrogen-bond donors (Lipinski definition) is 2. The van der Waals surface area contributed by atoms with E-state index in [1.165, 1.54) is 18.2 Å². The maximum atomic E-state index is 12.8. The van der Waals surface area contributed by atoms with Gasteiger partial charge in [0.1, 0.15) is 5.69 Å². The summed E-state index contributed by atoms with van der Waals surface area (Å²) in [5.74, 6) is -1.20. The molecule has 2 N–H and O–H groups in total. The van der Waals surface area contributed by atoms with E-state index in [-0.39, 0.29) is 5.69 Å². The van der Waals surface area contributed by atoms with Crippen LogP contribution in [0.5, 0.6) is 0 Å². The van der Waals surface area contributed by atoms with Crippen LogP contribution in [0.2, 0.25) is 0 Å². The number of aromatic carboxylic acids is 1. The molecule has 4 rings (SSSR count). The number of rotatable bonds is 2. The molecule has 4 nitrogen and oxygen atoms in total. The van der Waals surface area contributed by atoms with Gasteiger partial charge in [0.05, 0.1) is 16.8 Å². The number of aromatic amines is 1. The Morgan fingerprint density at radius 3 is 2.35 bits per heavy atom. The summed E-state index contributed by atoms with van der Waals surface area (Å²) in [5.41, 5.74) is 1.12. The van der Waals surface area contributed by atoms with Crippen LogP contribution in [-0.2, 0) is 6.18 Å². The molecule has 26 heavy (non-hydrogen) atoms. The monoisotopic (exact) mass is 356 g/mol. The van der Waals surface area contributed by atoms with Crippen LogP contribution in [0.25, 0.3) is 33.1 Å². The van der Waals surface area contributed by atoms with Crippen LogP contribution >= 0.6 is 0 Å². The number of alkyl halides is 3. The molecule has 2 aromatic heterocycles. The summed E-state index contributed by atoms with van der Waals surface area (Å²) >= 11 is 0. The number of H-pyrrole nitrogens is 1. The highest BCUT2D eigenvalue weighted by Crippen LogP contribution is 2.35. The molecule has 0 radical (unpaired) electrons. The van der Waals surface area contributed by atoms with Gasteiger partial charge in [-0.15, -0.1) is 0 Å². The number of carboxylic acids is 1. The molecule has 0 fully saturated rings. The van der Waals surface area contributed by atoms with Gasteiger partial charge in [0.15, 0.2) is 0 Å². The zero-order valence-corrected chi connectivity index (χ0v) is 13.1. The zero-order valence-electron chi connectivity index (χ0n) is 13.1. The maximum absolute atomic E-state index is 12.8. The fraction of sp³-hybridized carbons (Fsp3) is 0.0526. The van der Waals surface area contributed by atoms with Gasteiger partial charge in [-0.1, -0.05) is 30.3 Å². The van der Waals surface area contributed by atoms with Crippen molar-refractivity contribution in [1.82, 2.24) is 9.97 Å². The van der Waals surface area contributed by atoms with Gasteiger partial charge in [-0.2, -0.15) is 13.2 Å². The Balaban J connectivity index is 2.00. The van der Waals surface area contributed by atoms with Crippen LogP contribution in [-0.4, -0.2) is 21.0 Å². The number of hydrogen-bond acceptors (Lipinski definition) is 2. The first-order valence-electron chi connectivity index (χ1n) is 7.67. The van der Waals surface area contributed by atoms with Crippen molar-refractivity contribution in [2.24, 2.45) is 0 Å². The van der Waals surface area contributed by atoms with E-state index in [1.807, 2.05) is 24.3 Å². The molecule has 0 atom stereocenters. The van der Waals surface area contributed by atoms with E-state index in [1.54, 1.807) is 0 Å². The molecular weight excluding hydrogens is 345 g/mol. The molecule has 2 heterocycles. The lowest BCUT2D eigenvalue weighted by molar-refractivity contribution is -0.137. The van der Waals surface area contributed by atoms with Crippen molar-refractivity contribution in [3.05, 3.63) is 65.9 Å². The zero-order chi connectivity index (χ0) is 18.5. The second kappa shape index (κ2) is 5.59. The van der Waals surface area contributed by atoms with Crippen molar-refractivity contribution >= 4 is 27.8 Å². The number of benzene rings is 2. The van der Waals surface area contributed by atoms with Crippen molar-refractivity contribution in [3.63, 3.8) is 0 Å². The SMILES string of the molecule is O=C(O)c1cc2c([nH]c3ccccc32)c(-c2ccc(C(F)(F)F)cc2)n1. The minimum absolute atomic E-state index is 0.169. The van der Waals surface area contributed by atoms with Gasteiger partial charge in [0, 0.05) is 21.9 Å². The molecule has 0 saturated carbocycles. The number of fused-ring (bicyclic) bond motifs is 3. The second-order valence-electron chi connectivity index (χ2n) is 5.83. The number of carbonyl (C=O) groups is 1. The van der Waals surface area contributed by atoms with Crippen molar-refractivity contribution in [1.29, 1.82) is 0 Å². The van der Waals surface area contributed by atoms with E-state index >= 15 is 0 Å². The van der Waals surface area contributed by atoms with Gasteiger partial charge in [-0.05, 0) is 24.3 Å². The molecule has 0 unspecified atom stereocenters. The summed E-state index contributed by atoms with van der Waals surface area (Å²) in [5, 5.41) is 10.8. The second-order valence-corrected chi connectivity index (χ2v) is 5.83. The molecule has 0 aliphatic rings. The van der Waals surface area contributed by atoms with E-state index in [0.717, 1.165) is 23.0 Å². The number of para-hydroxylation sites is 1. The fourth-order valence-electron chi connectivity index (χ4n) is 2.98. The number of aromatic nitrogens is 2. The first kappa shape index (κ1) is 16.1. The number of carboxylic acid groups (broad SMARTS) is 1. The summed E-state index contributed by atoms with van der Waals surface area (Å²) in [7, 11) is 0. The predicted molar refractivity (Wildman–Crippen MR) is 91.0 cm³/mol. The molecule has 0 aliphatic carbocycles. The first-order chi connectivity index (χ1) is 12.3. The quantitative estimate of drug-likeness (QED) is 0.525.